The van der Waals surface area contributed by atoms with E-state index in [0.29, 0.717) is 22.5 Å². The first-order valence-corrected chi connectivity index (χ1v) is 11.1. The summed E-state index contributed by atoms with van der Waals surface area (Å²) in [5, 5.41) is 11.7. The number of amides is 1. The molecule has 0 saturated carbocycles. The summed E-state index contributed by atoms with van der Waals surface area (Å²) in [6.07, 6.45) is 0.264. The molecule has 37 heavy (non-hydrogen) atoms. The van der Waals surface area contributed by atoms with E-state index in [0.717, 1.165) is 5.56 Å². The molecule has 0 radical (unpaired) electrons. The Kier molecular flexibility index (Phi) is 7.58. The molecule has 1 amide bonds. The van der Waals surface area contributed by atoms with E-state index in [1.54, 1.807) is 24.3 Å². The van der Waals surface area contributed by atoms with Crippen molar-refractivity contribution in [1.82, 2.24) is 9.97 Å². The minimum atomic E-state index is -2.30. The largest absolute Gasteiger partial charge is 0.392 e. The molecule has 0 fully saturated rings. The topological polar surface area (TPSA) is 75.1 Å². The molecule has 1 heterocycles. The number of nitrogens with one attached hydrogen (secondary N) is 1. The maximum Gasteiger partial charge on any atom is 0.230 e. The van der Waals surface area contributed by atoms with Crippen LogP contribution in [0.4, 0.5) is 27.8 Å². The van der Waals surface area contributed by atoms with Crippen LogP contribution in [0.15, 0.2) is 60.8 Å². The summed E-state index contributed by atoms with van der Waals surface area (Å²) >= 11 is 0. The first-order valence-electron chi connectivity index (χ1n) is 11.1. The van der Waals surface area contributed by atoms with E-state index in [9.17, 15) is 31.9 Å². The Morgan fingerprint density at radius 3 is 2.08 bits per heavy atom. The van der Waals surface area contributed by atoms with Gasteiger partial charge in [-0.3, -0.25) is 4.79 Å². The molecule has 0 aliphatic heterocycles. The quantitative estimate of drug-likeness (QED) is 0.190. The minimum Gasteiger partial charge on any atom is -0.392 e. The lowest BCUT2D eigenvalue weighted by atomic mass is 9.97. The van der Waals surface area contributed by atoms with Crippen LogP contribution in [0.5, 0.6) is 0 Å². The van der Waals surface area contributed by atoms with E-state index in [1.165, 1.54) is 6.20 Å². The highest BCUT2D eigenvalue weighted by Gasteiger charge is 2.27. The number of nitrogens with zero attached hydrogens (tertiary/aromatic N) is 2. The Bertz CT molecular complexity index is 1420. The second-order valence-electron chi connectivity index (χ2n) is 8.25. The summed E-state index contributed by atoms with van der Waals surface area (Å²) in [6.45, 7) is 1.69. The third kappa shape index (κ3) is 5.34. The van der Waals surface area contributed by atoms with Crippen molar-refractivity contribution >= 4 is 11.7 Å². The van der Waals surface area contributed by atoms with Gasteiger partial charge in [0.1, 0.15) is 0 Å². The van der Waals surface area contributed by atoms with Gasteiger partial charge in [-0.1, -0.05) is 61.5 Å². The third-order valence-electron chi connectivity index (χ3n) is 5.84. The fourth-order valence-corrected chi connectivity index (χ4v) is 3.76. The monoisotopic (exact) mass is 513 g/mol. The zero-order chi connectivity index (χ0) is 26.7. The summed E-state index contributed by atoms with van der Waals surface area (Å²) < 4.78 is 68.6. The molecule has 5 nitrogen and oxygen atoms in total. The highest BCUT2D eigenvalue weighted by Crippen LogP contribution is 2.30. The van der Waals surface area contributed by atoms with Crippen molar-refractivity contribution in [2.45, 2.75) is 25.9 Å². The van der Waals surface area contributed by atoms with Gasteiger partial charge < -0.3 is 10.4 Å². The highest BCUT2D eigenvalue weighted by molar-refractivity contribution is 5.92. The Balaban J connectivity index is 1.70. The van der Waals surface area contributed by atoms with Gasteiger partial charge in [0.15, 0.2) is 29.1 Å². The van der Waals surface area contributed by atoms with Gasteiger partial charge in [-0.2, -0.15) is 0 Å². The van der Waals surface area contributed by atoms with Crippen LogP contribution >= 0.6 is 0 Å². The average molecular weight is 513 g/mol. The molecule has 3 aromatic carbocycles. The Labute approximate surface area is 208 Å². The fraction of sp³-hybridized carbons (Fsp3) is 0.148. The van der Waals surface area contributed by atoms with Crippen molar-refractivity contribution in [2.75, 3.05) is 5.32 Å². The van der Waals surface area contributed by atoms with E-state index < -0.39 is 52.9 Å². The van der Waals surface area contributed by atoms with E-state index in [1.807, 2.05) is 37.3 Å². The number of halogens is 5. The number of rotatable bonds is 7. The maximum absolute atomic E-state index is 14.1. The summed E-state index contributed by atoms with van der Waals surface area (Å²) in [5.74, 6) is -12.2. The molecule has 190 valence electrons. The number of carbonyl (C=O) groups excluding carboxylic acids is 1. The van der Waals surface area contributed by atoms with Crippen LogP contribution in [0.2, 0.25) is 0 Å². The lowest BCUT2D eigenvalue weighted by Gasteiger charge is -2.17. The zero-order valence-corrected chi connectivity index (χ0v) is 19.4. The molecule has 1 atom stereocenters. The molecule has 0 bridgehead atoms. The van der Waals surface area contributed by atoms with Crippen molar-refractivity contribution in [3.8, 4) is 11.3 Å². The molecular formula is C27H20F5N3O2. The van der Waals surface area contributed by atoms with Crippen molar-refractivity contribution in [3.63, 3.8) is 0 Å². The van der Waals surface area contributed by atoms with Gasteiger partial charge in [0.25, 0.3) is 0 Å². The van der Waals surface area contributed by atoms with Gasteiger partial charge in [-0.25, -0.2) is 31.9 Å². The first-order chi connectivity index (χ1) is 17.7. The number of anilines is 1. The molecular weight excluding hydrogens is 493 g/mol. The zero-order valence-electron chi connectivity index (χ0n) is 19.4. The molecule has 2 N–H and O–H groups in total. The third-order valence-corrected chi connectivity index (χ3v) is 5.84. The molecule has 10 heteroatoms. The molecule has 4 rings (SSSR count). The fourth-order valence-electron chi connectivity index (χ4n) is 3.76. The lowest BCUT2D eigenvalue weighted by Crippen LogP contribution is -2.21. The van der Waals surface area contributed by atoms with Gasteiger partial charge >= 0.3 is 0 Å². The molecule has 4 aromatic rings. The molecule has 0 saturated heterocycles. The number of aliphatic hydroxyl groups excluding tert-OH is 1. The number of hydrogen-bond donors (Lipinski definition) is 2. The number of benzene rings is 3. The van der Waals surface area contributed by atoms with Crippen molar-refractivity contribution in [1.29, 1.82) is 0 Å². The van der Waals surface area contributed by atoms with Crippen LogP contribution < -0.4 is 5.32 Å². The molecule has 0 spiro atoms. The van der Waals surface area contributed by atoms with Crippen LogP contribution in [-0.2, 0) is 17.8 Å². The van der Waals surface area contributed by atoms with E-state index in [4.69, 9.17) is 0 Å². The summed E-state index contributed by atoms with van der Waals surface area (Å²) in [4.78, 5) is 21.6. The first kappa shape index (κ1) is 25.9. The van der Waals surface area contributed by atoms with Crippen molar-refractivity contribution < 1.29 is 31.9 Å². The van der Waals surface area contributed by atoms with E-state index in [-0.39, 0.29) is 12.4 Å². The summed E-state index contributed by atoms with van der Waals surface area (Å²) in [7, 11) is 0. The Morgan fingerprint density at radius 1 is 0.892 bits per heavy atom. The highest BCUT2D eigenvalue weighted by atomic mass is 19.2. The number of aliphatic hydroxyl groups is 1. The van der Waals surface area contributed by atoms with Crippen molar-refractivity contribution in [3.05, 3.63) is 112 Å². The second-order valence-corrected chi connectivity index (χ2v) is 8.25. The van der Waals surface area contributed by atoms with Crippen LogP contribution in [0.3, 0.4) is 0 Å². The Hall–Kier alpha value is -4.18. The predicted molar refractivity (Wildman–Crippen MR) is 126 cm³/mol. The Morgan fingerprint density at radius 2 is 1.49 bits per heavy atom. The maximum atomic E-state index is 14.1. The number of hydrogen-bond acceptors (Lipinski definition) is 4. The second kappa shape index (κ2) is 10.8. The van der Waals surface area contributed by atoms with Gasteiger partial charge in [0, 0.05) is 17.0 Å². The van der Waals surface area contributed by atoms with E-state index in [2.05, 4.69) is 15.3 Å². The van der Waals surface area contributed by atoms with Gasteiger partial charge in [0.05, 0.1) is 30.6 Å². The van der Waals surface area contributed by atoms with Crippen molar-refractivity contribution in [2.24, 2.45) is 0 Å². The standard InChI is InChI=1S/C27H20F5N3O2/c1-14(16-5-3-2-4-6-16)26-27(33-12-19(34-26)17-9-7-15(13-36)8-10-17)35-20(37)11-18-21(28)23(30)25(32)24(31)22(18)29/h2-10,12,14,36H,11,13H2,1H3,(H,33,35,37). The normalized spacial score (nSPS) is 11.9. The molecule has 1 aromatic heterocycles. The van der Waals surface area contributed by atoms with Crippen LogP contribution in [0, 0.1) is 29.1 Å². The van der Waals surface area contributed by atoms with Gasteiger partial charge in [-0.15, -0.1) is 0 Å². The average Bonchev–Trinajstić information content (AvgIpc) is 2.93. The lowest BCUT2D eigenvalue weighted by molar-refractivity contribution is -0.115. The smallest absolute Gasteiger partial charge is 0.230 e. The van der Waals surface area contributed by atoms with Crippen LogP contribution in [0.25, 0.3) is 11.3 Å². The molecule has 1 unspecified atom stereocenters. The number of aromatic nitrogens is 2. The van der Waals surface area contributed by atoms with E-state index >= 15 is 0 Å². The SMILES string of the molecule is CC(c1ccccc1)c1nc(-c2ccc(CO)cc2)cnc1NC(=O)Cc1c(F)c(F)c(F)c(F)c1F. The molecule has 0 aliphatic carbocycles. The minimum absolute atomic E-state index is 0.0269. The van der Waals surface area contributed by atoms with Gasteiger partial charge in [0.2, 0.25) is 11.7 Å². The molecule has 0 aliphatic rings. The van der Waals surface area contributed by atoms with Crippen LogP contribution in [0.1, 0.15) is 35.2 Å². The number of carbonyl (C=O) groups is 1. The summed E-state index contributed by atoms with van der Waals surface area (Å²) in [6, 6.07) is 16.1. The summed E-state index contributed by atoms with van der Waals surface area (Å²) in [5.41, 5.74) is 1.75. The van der Waals surface area contributed by atoms with Crippen LogP contribution in [-0.4, -0.2) is 21.0 Å². The van der Waals surface area contributed by atoms with Gasteiger partial charge in [-0.05, 0) is 11.1 Å². The predicted octanol–water partition coefficient (Wildman–Crippen LogP) is 5.66.